The zero-order chi connectivity index (χ0) is 103. The van der Waals surface area contributed by atoms with Gasteiger partial charge >= 0.3 is 0 Å². The molecule has 800 valence electrons. The first-order valence-corrected chi connectivity index (χ1v) is 60.2. The minimum atomic E-state index is -3.50. The van der Waals surface area contributed by atoms with Gasteiger partial charge in [-0.1, -0.05) is 197 Å². The Hall–Kier alpha value is -4.65. The molecule has 21 nitrogen and oxygen atoms in total. The SMILES string of the molecule is C=C1C[C@H](CCC(OC(C)C)OC(C)C)O[C@H]1CC[C@H]1C[C@H](C)C(=C)[C@@H](C[C@@H]2O[C@H](C[C@H](C)CC)[C@H](C)[C@H]2CS(=O)(=O)c2ccc(CC)cc2)O1.C=C1C[C@H](CCC2OCCO2)O[C@H]1CC[C@H]1C[C@H](C)C(=C)[C@@H](C[C@@H]2O[C@H](C[C@H](C)CC)[C@H](C)[C@H]2CS(=O)(=O)c2ccc(C)cc2)O1.C=C1C[C@H](CCC2OCCO2)O[C@H]1CC[C@H]1C[C@H](C)C(=C)[C@@H](C[C@@H]2O[C@H](C[C@H](C)CC)[C@H](C)[C@H]2CS(=O)(=O)c2ccccc2)O1. The van der Waals surface area contributed by atoms with E-state index in [1.165, 1.54) is 11.1 Å². The monoisotopic (exact) mass is 2030 g/mol. The van der Waals surface area contributed by atoms with Crippen molar-refractivity contribution in [1.29, 1.82) is 0 Å². The van der Waals surface area contributed by atoms with Crippen LogP contribution in [0, 0.1) is 77.9 Å². The summed E-state index contributed by atoms with van der Waals surface area (Å²) in [6, 6.07) is 23.4. The maximum Gasteiger partial charge on any atom is 0.178 e. The van der Waals surface area contributed by atoms with Gasteiger partial charge in [-0.15, -0.1) is 0 Å². The fourth-order valence-electron chi connectivity index (χ4n) is 23.7. The lowest BCUT2D eigenvalue weighted by molar-refractivity contribution is -0.186. The van der Waals surface area contributed by atoms with Crippen LogP contribution in [0.4, 0.5) is 0 Å². The zero-order valence-electron chi connectivity index (χ0n) is 90.0. The highest BCUT2D eigenvalue weighted by atomic mass is 32.2. The molecule has 0 unspecified atom stereocenters. The third-order valence-electron chi connectivity index (χ3n) is 33.6. The molecular formula is C118H184O21S3. The quantitative estimate of drug-likeness (QED) is 0.0377. The summed E-state index contributed by atoms with van der Waals surface area (Å²) in [7, 11) is -10.4. The summed E-state index contributed by atoms with van der Waals surface area (Å²) in [5.74, 6) is 2.79. The number of sulfone groups is 3. The van der Waals surface area contributed by atoms with Gasteiger partial charge in [-0.25, -0.2) is 25.3 Å². The van der Waals surface area contributed by atoms with Gasteiger partial charge < -0.3 is 71.1 Å². The minimum absolute atomic E-state index is 0.0225. The maximum atomic E-state index is 13.8. The second-order valence-electron chi connectivity index (χ2n) is 45.4. The second-order valence-corrected chi connectivity index (χ2v) is 51.5. The molecule has 0 saturated carbocycles. The van der Waals surface area contributed by atoms with Crippen molar-refractivity contribution >= 4 is 29.5 Å². The van der Waals surface area contributed by atoms with Crippen LogP contribution in [-0.2, 0) is 107 Å². The van der Waals surface area contributed by atoms with Gasteiger partial charge in [0.1, 0.15) is 0 Å². The normalized spacial score (nSPS) is 33.6. The number of hydrogen-bond donors (Lipinski definition) is 0. The summed E-state index contributed by atoms with van der Waals surface area (Å²) in [6.07, 6.45) is 24.3. The van der Waals surface area contributed by atoms with Gasteiger partial charge in [0.05, 0.1) is 180 Å². The molecule has 0 N–H and O–H groups in total. The molecule has 11 saturated heterocycles. The van der Waals surface area contributed by atoms with E-state index in [1.54, 1.807) is 48.5 Å². The van der Waals surface area contributed by atoms with E-state index in [2.05, 4.69) is 129 Å². The lowest BCUT2D eigenvalue weighted by Crippen LogP contribution is -2.38. The predicted octanol–water partition coefficient (Wildman–Crippen LogP) is 24.6. The molecule has 11 aliphatic rings. The molecule has 11 fully saturated rings. The Balaban J connectivity index is 0.000000191. The van der Waals surface area contributed by atoms with E-state index in [4.69, 9.17) is 71.1 Å². The highest BCUT2D eigenvalue weighted by Crippen LogP contribution is 2.49. The van der Waals surface area contributed by atoms with Crippen LogP contribution in [0.3, 0.4) is 0 Å². The van der Waals surface area contributed by atoms with Crippen molar-refractivity contribution in [3.8, 4) is 0 Å². The molecule has 11 aliphatic heterocycles. The first-order chi connectivity index (χ1) is 67.6. The van der Waals surface area contributed by atoms with Crippen LogP contribution in [0.25, 0.3) is 0 Å². The van der Waals surface area contributed by atoms with Crippen LogP contribution < -0.4 is 0 Å². The first kappa shape index (κ1) is 116. The van der Waals surface area contributed by atoms with Gasteiger partial charge in [0.2, 0.25) is 0 Å². The summed E-state index contributed by atoms with van der Waals surface area (Å²) in [5, 5.41) is 0. The predicted molar refractivity (Wildman–Crippen MR) is 565 cm³/mol. The highest BCUT2D eigenvalue weighted by Gasteiger charge is 2.51. The molecule has 0 aromatic heterocycles. The molecule has 3 aromatic carbocycles. The molecule has 11 heterocycles. The standard InChI is InChI=1S/C43H70O7S.C38H58O7S.C37H56O7S/c1-12-29(7)22-40-33(11)38(26-51(44,45)37-18-14-34(13-2)15-19-37)42(50-40)25-41-32(10)30(8)23-35(49-41)16-20-39-31(9)24-36(48-39)17-21-43(46-27(3)4)47-28(5)6;1-8-24(2)19-35-29(7)33(23-46(39,40)32-13-9-25(3)10-14-32)37(45-35)22-36-28(6)26(4)20-30(44-36)11-15-34-27(5)21-31(43-34)12-16-38-41-17-18-42-38;1-7-24(2)19-34-28(6)32(23-45(38,39)31-11-9-8-10-12-31)36(44-34)22-35-27(5)25(3)20-29(43-35)13-15-33-26(4)21-30(42-33)14-16-37-40-17-18-41-37/h14-15,18-19,27-30,33,35-36,38-43H,9-10,12-13,16-17,20-26H2,1-8,11H3;9-10,13-14,24,26,29-31,33-38H,5-6,8,11-12,15-23H2,1-4,7H3;8-12,24-25,28-30,32-37H,4-5,7,13-23H2,1-3,6H3/t29-,30+,33-,35+,36+,38-,39+,40-,41-,42+;24-,26+,29-,30+,31+,33-,34+,35-,36-,37+;24-,25+,28-,29+,30+,32-,33+,34-,35-,36+/m111/s1. The van der Waals surface area contributed by atoms with Crippen LogP contribution in [0.2, 0.25) is 0 Å². The van der Waals surface area contributed by atoms with Gasteiger partial charge in [0.25, 0.3) is 0 Å². The van der Waals surface area contributed by atoms with Crippen molar-refractivity contribution in [2.75, 3.05) is 43.7 Å². The van der Waals surface area contributed by atoms with E-state index < -0.39 is 29.5 Å². The van der Waals surface area contributed by atoms with Crippen molar-refractivity contribution in [2.24, 2.45) is 71.0 Å². The summed E-state index contributed by atoms with van der Waals surface area (Å²) in [4.78, 5) is 1.17. The molecule has 0 amide bonds. The first-order valence-electron chi connectivity index (χ1n) is 55.2. The molecule has 24 heteroatoms. The Bertz CT molecular complexity index is 4790. The maximum absolute atomic E-state index is 13.8. The fourth-order valence-corrected chi connectivity index (χ4v) is 29.0. The van der Waals surface area contributed by atoms with Crippen molar-refractivity contribution in [1.82, 2.24) is 0 Å². The van der Waals surface area contributed by atoms with E-state index in [9.17, 15) is 25.3 Å². The Kier molecular flexibility index (Phi) is 44.4. The largest absolute Gasteiger partial charge is 0.374 e. The molecule has 0 spiro atoms. The topological polar surface area (TPSA) is 241 Å². The van der Waals surface area contributed by atoms with Gasteiger partial charge in [0, 0.05) is 56.3 Å². The van der Waals surface area contributed by atoms with Gasteiger partial charge in [-0.05, 0) is 285 Å². The third kappa shape index (κ3) is 32.9. The molecule has 0 radical (unpaired) electrons. The molecular weight excluding hydrogens is 1850 g/mol. The van der Waals surface area contributed by atoms with Crippen LogP contribution >= 0.6 is 0 Å². The van der Waals surface area contributed by atoms with E-state index in [-0.39, 0.29) is 194 Å². The minimum Gasteiger partial charge on any atom is -0.374 e. The molecule has 142 heavy (non-hydrogen) atoms. The van der Waals surface area contributed by atoms with E-state index in [0.29, 0.717) is 95.9 Å². The van der Waals surface area contributed by atoms with Crippen molar-refractivity contribution < 1.29 is 96.3 Å². The third-order valence-corrected chi connectivity index (χ3v) is 39.1. The molecule has 3 aromatic rings. The summed E-state index contributed by atoms with van der Waals surface area (Å²) in [5.41, 5.74) is 8.95. The van der Waals surface area contributed by atoms with Gasteiger partial charge in [-0.2, -0.15) is 0 Å². The molecule has 0 bridgehead atoms. The number of aryl methyl sites for hydroxylation is 2. The molecule has 14 rings (SSSR count). The molecule has 30 atom stereocenters. The number of benzene rings is 3. The van der Waals surface area contributed by atoms with Crippen LogP contribution in [0.1, 0.15) is 302 Å². The lowest BCUT2D eigenvalue weighted by atomic mass is 9.81. The summed E-state index contributed by atoms with van der Waals surface area (Å²) in [6.45, 7) is 68.0. The smallest absolute Gasteiger partial charge is 0.178 e. The van der Waals surface area contributed by atoms with E-state index >= 15 is 0 Å². The van der Waals surface area contributed by atoms with Crippen molar-refractivity contribution in [3.05, 3.63) is 163 Å². The Labute approximate surface area is 857 Å². The van der Waals surface area contributed by atoms with E-state index in [1.807, 2.05) is 65.0 Å². The van der Waals surface area contributed by atoms with Crippen LogP contribution in [0.15, 0.2) is 166 Å². The van der Waals surface area contributed by atoms with E-state index in [0.717, 1.165) is 194 Å². The molecule has 0 aliphatic carbocycles. The van der Waals surface area contributed by atoms with Gasteiger partial charge in [-0.3, -0.25) is 0 Å². The summed E-state index contributed by atoms with van der Waals surface area (Å²) >= 11 is 0. The Morgan fingerprint density at radius 2 is 0.641 bits per heavy atom. The number of hydrogen-bond acceptors (Lipinski definition) is 21. The van der Waals surface area contributed by atoms with Crippen LogP contribution in [-0.4, -0.2) is 210 Å². The van der Waals surface area contributed by atoms with Crippen molar-refractivity contribution in [2.45, 2.75) is 460 Å². The average molecular weight is 2030 g/mol. The average Bonchev–Trinajstić information content (AvgIpc) is 1.64. The van der Waals surface area contributed by atoms with Crippen LogP contribution in [0.5, 0.6) is 0 Å². The van der Waals surface area contributed by atoms with Crippen molar-refractivity contribution in [3.63, 3.8) is 0 Å². The highest BCUT2D eigenvalue weighted by molar-refractivity contribution is 7.92. The Morgan fingerprint density at radius 1 is 0.345 bits per heavy atom. The fraction of sp³-hybridized carbons (Fsp3) is 0.746. The zero-order valence-corrected chi connectivity index (χ0v) is 92.5. The van der Waals surface area contributed by atoms with Gasteiger partial charge in [0.15, 0.2) is 48.4 Å². The Morgan fingerprint density at radius 3 is 0.951 bits per heavy atom. The second kappa shape index (κ2) is 54.4. The summed E-state index contributed by atoms with van der Waals surface area (Å²) < 4.78 is 176. The number of rotatable bonds is 47. The lowest BCUT2D eigenvalue weighted by Gasteiger charge is -2.38. The number of ether oxygens (including phenoxy) is 15.